The van der Waals surface area contributed by atoms with E-state index in [1.165, 1.54) is 0 Å². The fourth-order valence-corrected chi connectivity index (χ4v) is 3.25. The van der Waals surface area contributed by atoms with Gasteiger partial charge in [-0.1, -0.05) is 17.7 Å². The van der Waals surface area contributed by atoms with Crippen molar-refractivity contribution in [3.05, 3.63) is 28.3 Å². The average Bonchev–Trinajstić information content (AvgIpc) is 2.48. The highest BCUT2D eigenvalue weighted by Crippen LogP contribution is 2.27. The van der Waals surface area contributed by atoms with Crippen molar-refractivity contribution in [2.45, 2.75) is 20.3 Å². The molecule has 0 aliphatic carbocycles. The predicted molar refractivity (Wildman–Crippen MR) is 96.1 cm³/mol. The van der Waals surface area contributed by atoms with Crippen LogP contribution in [-0.4, -0.2) is 44.5 Å². The van der Waals surface area contributed by atoms with Gasteiger partial charge in [0, 0.05) is 13.0 Å². The van der Waals surface area contributed by atoms with Gasteiger partial charge in [0.15, 0.2) is 5.11 Å². The molecule has 1 aliphatic rings. The number of anilines is 1. The highest BCUT2D eigenvalue weighted by molar-refractivity contribution is 7.80. The Labute approximate surface area is 143 Å². The van der Waals surface area contributed by atoms with Gasteiger partial charge in [-0.2, -0.15) is 0 Å². The zero-order valence-corrected chi connectivity index (χ0v) is 14.9. The molecule has 6 heteroatoms. The summed E-state index contributed by atoms with van der Waals surface area (Å²) in [5.74, 6) is 0. The van der Waals surface area contributed by atoms with Gasteiger partial charge in [0.25, 0.3) is 0 Å². The van der Waals surface area contributed by atoms with E-state index in [1.54, 1.807) is 4.90 Å². The van der Waals surface area contributed by atoms with E-state index in [0.29, 0.717) is 10.1 Å². The molecule has 0 bridgehead atoms. The van der Waals surface area contributed by atoms with Gasteiger partial charge in [0.1, 0.15) is 13.1 Å². The van der Waals surface area contributed by atoms with Crippen molar-refractivity contribution in [2.24, 2.45) is 0 Å². The normalized spacial score (nSPS) is 15.6. The van der Waals surface area contributed by atoms with E-state index in [-0.39, 0.29) is 0 Å². The highest BCUT2D eigenvalue weighted by atomic mass is 35.5. The Hall–Kier alpha value is -0.880. The molecule has 1 fully saturated rings. The minimum atomic E-state index is 0.630. The zero-order chi connectivity index (χ0) is 15.9. The Balaban J connectivity index is 1.71. The van der Waals surface area contributed by atoms with E-state index in [4.69, 9.17) is 28.6 Å². The number of halogens is 1. The van der Waals surface area contributed by atoms with Gasteiger partial charge < -0.3 is 20.3 Å². The van der Waals surface area contributed by atoms with Crippen molar-refractivity contribution in [1.29, 1.82) is 0 Å². The number of hydrogen-bond donors (Lipinski definition) is 3. The topological polar surface area (TPSA) is 37.7 Å². The summed E-state index contributed by atoms with van der Waals surface area (Å²) in [6, 6.07) is 4.04. The molecule has 0 unspecified atom stereocenters. The van der Waals surface area contributed by atoms with Crippen molar-refractivity contribution in [3.63, 3.8) is 0 Å². The Morgan fingerprint density at radius 2 is 2.05 bits per heavy atom. The van der Waals surface area contributed by atoms with Gasteiger partial charge in [-0.15, -0.1) is 0 Å². The summed E-state index contributed by atoms with van der Waals surface area (Å²) in [5.41, 5.74) is 3.15. The molecule has 1 aliphatic heterocycles. The lowest BCUT2D eigenvalue weighted by molar-refractivity contribution is -0.908. The SMILES string of the molecule is Cc1cc(C)c(NC(=S)NCCC[NH+]2CCOCC2)c(Cl)c1. The second-order valence-electron chi connectivity index (χ2n) is 5.79. The van der Waals surface area contributed by atoms with Crippen LogP contribution in [0.2, 0.25) is 5.02 Å². The first-order valence-corrected chi connectivity index (χ1v) is 8.58. The van der Waals surface area contributed by atoms with E-state index >= 15 is 0 Å². The first-order chi connectivity index (χ1) is 10.6. The molecule has 0 spiro atoms. The van der Waals surface area contributed by atoms with Crippen LogP contribution < -0.4 is 15.5 Å². The number of quaternary nitrogens is 1. The second-order valence-corrected chi connectivity index (χ2v) is 6.60. The molecule has 0 amide bonds. The molecule has 0 atom stereocenters. The molecule has 0 saturated carbocycles. The minimum absolute atomic E-state index is 0.630. The van der Waals surface area contributed by atoms with Gasteiger partial charge >= 0.3 is 0 Å². The minimum Gasteiger partial charge on any atom is -0.370 e. The van der Waals surface area contributed by atoms with Crippen molar-refractivity contribution < 1.29 is 9.64 Å². The van der Waals surface area contributed by atoms with Gasteiger partial charge in [-0.3, -0.25) is 0 Å². The summed E-state index contributed by atoms with van der Waals surface area (Å²) in [5, 5.41) is 7.80. The summed E-state index contributed by atoms with van der Waals surface area (Å²) in [7, 11) is 0. The summed E-state index contributed by atoms with van der Waals surface area (Å²) >= 11 is 11.6. The fourth-order valence-electron chi connectivity index (χ4n) is 2.68. The van der Waals surface area contributed by atoms with Crippen LogP contribution in [0.1, 0.15) is 17.5 Å². The van der Waals surface area contributed by atoms with Crippen molar-refractivity contribution in [2.75, 3.05) is 44.7 Å². The fraction of sp³-hybridized carbons (Fsp3) is 0.562. The molecular formula is C16H25ClN3OS+. The monoisotopic (exact) mass is 342 g/mol. The Morgan fingerprint density at radius 3 is 2.73 bits per heavy atom. The van der Waals surface area contributed by atoms with Crippen LogP contribution in [0.4, 0.5) is 5.69 Å². The molecule has 1 aromatic carbocycles. The zero-order valence-electron chi connectivity index (χ0n) is 13.3. The smallest absolute Gasteiger partial charge is 0.170 e. The largest absolute Gasteiger partial charge is 0.370 e. The number of benzene rings is 1. The molecule has 0 aromatic heterocycles. The summed E-state index contributed by atoms with van der Waals surface area (Å²) in [6.07, 6.45) is 1.10. The quantitative estimate of drug-likeness (QED) is 0.560. The molecule has 3 N–H and O–H groups in total. The molecule has 2 rings (SSSR count). The lowest BCUT2D eigenvalue weighted by Crippen LogP contribution is -3.14. The molecule has 1 saturated heterocycles. The van der Waals surface area contributed by atoms with Crippen LogP contribution in [0.15, 0.2) is 12.1 Å². The van der Waals surface area contributed by atoms with Crippen LogP contribution in [-0.2, 0) is 4.74 Å². The Morgan fingerprint density at radius 1 is 1.32 bits per heavy atom. The van der Waals surface area contributed by atoms with Crippen molar-refractivity contribution in [3.8, 4) is 0 Å². The first kappa shape index (κ1) is 17.5. The van der Waals surface area contributed by atoms with Gasteiger partial charge in [0.2, 0.25) is 0 Å². The van der Waals surface area contributed by atoms with Crippen LogP contribution >= 0.6 is 23.8 Å². The lowest BCUT2D eigenvalue weighted by atomic mass is 10.1. The van der Waals surface area contributed by atoms with Gasteiger partial charge in [-0.25, -0.2) is 0 Å². The third-order valence-corrected chi connectivity index (χ3v) is 4.41. The number of rotatable bonds is 5. The van der Waals surface area contributed by atoms with Gasteiger partial charge in [-0.05, 0) is 43.3 Å². The van der Waals surface area contributed by atoms with E-state index < -0.39 is 0 Å². The molecular weight excluding hydrogens is 318 g/mol. The van der Waals surface area contributed by atoms with Crippen LogP contribution in [0.5, 0.6) is 0 Å². The predicted octanol–water partition coefficient (Wildman–Crippen LogP) is 1.55. The number of ether oxygens (including phenoxy) is 1. The third-order valence-electron chi connectivity index (χ3n) is 3.86. The number of nitrogens with one attached hydrogen (secondary N) is 3. The molecule has 122 valence electrons. The Kier molecular flexibility index (Phi) is 6.89. The standard InChI is InChI=1S/C16H24ClN3OS/c1-12-10-13(2)15(14(17)11-12)19-16(22)18-4-3-5-20-6-8-21-9-7-20/h10-11H,3-9H2,1-2H3,(H2,18,19,22)/p+1. The van der Waals surface area contributed by atoms with E-state index in [2.05, 4.69) is 16.7 Å². The number of aryl methyl sites for hydroxylation is 2. The van der Waals surface area contributed by atoms with E-state index in [9.17, 15) is 0 Å². The summed E-state index contributed by atoms with van der Waals surface area (Å²) in [4.78, 5) is 1.62. The van der Waals surface area contributed by atoms with Crippen molar-refractivity contribution >= 4 is 34.6 Å². The average molecular weight is 343 g/mol. The molecule has 0 radical (unpaired) electrons. The molecule has 22 heavy (non-hydrogen) atoms. The Bertz CT molecular complexity index is 495. The molecule has 4 nitrogen and oxygen atoms in total. The molecule has 1 heterocycles. The number of thiocarbonyl (C=S) groups is 1. The van der Waals surface area contributed by atoms with E-state index in [0.717, 1.165) is 62.6 Å². The summed E-state index contributed by atoms with van der Waals surface area (Å²) < 4.78 is 5.36. The van der Waals surface area contributed by atoms with Crippen LogP contribution in [0, 0.1) is 13.8 Å². The molecule has 1 aromatic rings. The number of morpholine rings is 1. The van der Waals surface area contributed by atoms with Gasteiger partial charge in [0.05, 0.1) is 30.5 Å². The summed E-state index contributed by atoms with van der Waals surface area (Å²) in [6.45, 7) is 10.1. The lowest BCUT2D eigenvalue weighted by Gasteiger charge is -2.23. The maximum Gasteiger partial charge on any atom is 0.170 e. The number of hydrogen-bond acceptors (Lipinski definition) is 2. The highest BCUT2D eigenvalue weighted by Gasteiger charge is 2.13. The van der Waals surface area contributed by atoms with Crippen LogP contribution in [0.3, 0.4) is 0 Å². The second kappa shape index (κ2) is 8.67. The maximum absolute atomic E-state index is 6.28. The van der Waals surface area contributed by atoms with E-state index in [1.807, 2.05) is 19.9 Å². The van der Waals surface area contributed by atoms with Crippen molar-refractivity contribution in [1.82, 2.24) is 5.32 Å². The third kappa shape index (κ3) is 5.39. The van der Waals surface area contributed by atoms with Crippen LogP contribution in [0.25, 0.3) is 0 Å². The maximum atomic E-state index is 6.28. The first-order valence-electron chi connectivity index (χ1n) is 7.79.